The maximum Gasteiger partial charge on any atom is 0.249 e. The van der Waals surface area contributed by atoms with Gasteiger partial charge in [0.1, 0.15) is 12.2 Å². The number of aliphatic hydroxyl groups excluding tert-OH is 4. The van der Waals surface area contributed by atoms with Gasteiger partial charge in [-0.05, 0) is 89.9 Å². The summed E-state index contributed by atoms with van der Waals surface area (Å²) >= 11 is 0. The first-order valence-corrected chi connectivity index (χ1v) is 27.0. The number of hydrogen-bond acceptors (Lipinski definition) is 5. The van der Waals surface area contributed by atoms with E-state index in [2.05, 4.69) is 67.8 Å². The van der Waals surface area contributed by atoms with Crippen LogP contribution in [0, 0.1) is 0 Å². The molecule has 4 unspecified atom stereocenters. The number of amides is 1. The monoisotopic (exact) mass is 872 g/mol. The van der Waals surface area contributed by atoms with Gasteiger partial charge in [-0.25, -0.2) is 0 Å². The molecule has 0 aromatic carbocycles. The molecule has 5 N–H and O–H groups in total. The second-order valence-electron chi connectivity index (χ2n) is 18.5. The molecule has 1 amide bonds. The number of hydrogen-bond donors (Lipinski definition) is 5. The molecule has 62 heavy (non-hydrogen) atoms. The van der Waals surface area contributed by atoms with Crippen molar-refractivity contribution in [3.63, 3.8) is 0 Å². The van der Waals surface area contributed by atoms with Crippen LogP contribution in [0.4, 0.5) is 0 Å². The molecular formula is C56H105NO5. The minimum Gasteiger partial charge on any atom is -0.394 e. The molecule has 0 rings (SSSR count). The first-order chi connectivity index (χ1) is 30.5. The third kappa shape index (κ3) is 43.5. The molecule has 0 aliphatic heterocycles. The Bertz CT molecular complexity index is 1020. The van der Waals surface area contributed by atoms with Crippen molar-refractivity contribution in [2.75, 3.05) is 6.61 Å². The van der Waals surface area contributed by atoms with Crippen LogP contribution in [-0.4, -0.2) is 57.3 Å². The third-order valence-corrected chi connectivity index (χ3v) is 12.5. The van der Waals surface area contributed by atoms with Crippen LogP contribution in [0.3, 0.4) is 0 Å². The number of carbonyl (C=O) groups is 1. The van der Waals surface area contributed by atoms with Gasteiger partial charge in [-0.2, -0.15) is 0 Å². The quantitative estimate of drug-likeness (QED) is 0.0309. The Morgan fingerprint density at radius 3 is 1.02 bits per heavy atom. The highest BCUT2D eigenvalue weighted by molar-refractivity contribution is 5.80. The lowest BCUT2D eigenvalue weighted by Gasteiger charge is -2.27. The Morgan fingerprint density at radius 2 is 0.677 bits per heavy atom. The van der Waals surface area contributed by atoms with Crippen LogP contribution < -0.4 is 5.32 Å². The van der Waals surface area contributed by atoms with Crippen LogP contribution in [0.1, 0.15) is 271 Å². The molecule has 0 aliphatic carbocycles. The molecule has 6 nitrogen and oxygen atoms in total. The Labute approximate surface area is 385 Å². The van der Waals surface area contributed by atoms with Crippen molar-refractivity contribution in [2.45, 2.75) is 295 Å². The van der Waals surface area contributed by atoms with Crippen molar-refractivity contribution < 1.29 is 25.2 Å². The molecule has 0 saturated heterocycles. The van der Waals surface area contributed by atoms with Gasteiger partial charge < -0.3 is 25.7 Å². The first kappa shape index (κ1) is 60.3. The summed E-state index contributed by atoms with van der Waals surface area (Å²) in [5.74, 6) is -0.607. The van der Waals surface area contributed by atoms with E-state index in [9.17, 15) is 25.2 Å². The minimum atomic E-state index is -1.30. The number of rotatable bonds is 49. The van der Waals surface area contributed by atoms with E-state index < -0.39 is 36.9 Å². The van der Waals surface area contributed by atoms with Crippen molar-refractivity contribution in [2.24, 2.45) is 0 Å². The van der Waals surface area contributed by atoms with Crippen molar-refractivity contribution in [3.05, 3.63) is 48.6 Å². The molecule has 6 heteroatoms. The van der Waals surface area contributed by atoms with E-state index in [1.54, 1.807) is 0 Å². The molecule has 4 atom stereocenters. The molecule has 0 heterocycles. The van der Waals surface area contributed by atoms with Crippen LogP contribution in [0.15, 0.2) is 48.6 Å². The van der Waals surface area contributed by atoms with Crippen molar-refractivity contribution in [1.82, 2.24) is 5.32 Å². The highest BCUT2D eigenvalue weighted by atomic mass is 16.3. The summed E-state index contributed by atoms with van der Waals surface area (Å²) in [6.07, 6.45) is 63.2. The van der Waals surface area contributed by atoms with Crippen molar-refractivity contribution in [3.8, 4) is 0 Å². The predicted molar refractivity (Wildman–Crippen MR) is 270 cm³/mol. The normalized spacial score (nSPS) is 14.2. The number of allylic oxidation sites excluding steroid dienone is 8. The number of aliphatic hydroxyl groups is 4. The van der Waals surface area contributed by atoms with E-state index in [-0.39, 0.29) is 0 Å². The lowest BCUT2D eigenvalue weighted by atomic mass is 10.00. The lowest BCUT2D eigenvalue weighted by molar-refractivity contribution is -0.132. The van der Waals surface area contributed by atoms with Gasteiger partial charge in [-0.1, -0.05) is 229 Å². The van der Waals surface area contributed by atoms with Crippen molar-refractivity contribution >= 4 is 5.91 Å². The average Bonchev–Trinajstić information content (AvgIpc) is 3.28. The fourth-order valence-corrected chi connectivity index (χ4v) is 8.20. The summed E-state index contributed by atoms with van der Waals surface area (Å²) in [7, 11) is 0. The second kappa shape index (κ2) is 50.3. The smallest absolute Gasteiger partial charge is 0.249 e. The van der Waals surface area contributed by atoms with E-state index >= 15 is 0 Å². The topological polar surface area (TPSA) is 110 Å². The predicted octanol–water partition coefficient (Wildman–Crippen LogP) is 15.4. The largest absolute Gasteiger partial charge is 0.394 e. The minimum absolute atomic E-state index is 0.343. The van der Waals surface area contributed by atoms with Gasteiger partial charge in [0.05, 0.1) is 18.8 Å². The zero-order valence-electron chi connectivity index (χ0n) is 41.1. The zero-order chi connectivity index (χ0) is 45.2. The Morgan fingerprint density at radius 1 is 0.387 bits per heavy atom. The number of carbonyl (C=O) groups excluding carboxylic acids is 1. The standard InChI is InChI=1S/C56H105NO5/c1-3-5-7-9-11-13-15-17-19-21-22-23-24-25-26-27-28-29-30-31-32-34-35-37-39-41-43-45-47-49-53(59)55(61)52(51-58)57-56(62)54(60)50-48-46-44-42-40-38-36-33-20-18-16-14-12-10-8-6-4-2/h29-30,34-36,38,41,43,52-55,58-61H,3-28,31-33,37,39-40,42,44-51H2,1-2H3,(H,57,62)/b30-29+,35-34+,38-36-,43-41+. The fourth-order valence-electron chi connectivity index (χ4n) is 8.20. The summed E-state index contributed by atoms with van der Waals surface area (Å²) in [6, 6.07) is -1.02. The summed E-state index contributed by atoms with van der Waals surface area (Å²) in [6.45, 7) is 4.05. The van der Waals surface area contributed by atoms with Crippen LogP contribution in [0.25, 0.3) is 0 Å². The molecule has 0 spiro atoms. The van der Waals surface area contributed by atoms with Gasteiger partial charge in [-0.15, -0.1) is 0 Å². The molecular weight excluding hydrogens is 767 g/mol. The summed E-state index contributed by atoms with van der Waals surface area (Å²) in [5.41, 5.74) is 0. The van der Waals surface area contributed by atoms with Gasteiger partial charge in [0.2, 0.25) is 5.91 Å². The highest BCUT2D eigenvalue weighted by Gasteiger charge is 2.28. The Hall–Kier alpha value is -1.73. The fraction of sp³-hybridized carbons (Fsp3) is 0.839. The van der Waals surface area contributed by atoms with E-state index in [1.165, 1.54) is 173 Å². The summed E-state index contributed by atoms with van der Waals surface area (Å²) in [4.78, 5) is 12.5. The summed E-state index contributed by atoms with van der Waals surface area (Å²) < 4.78 is 0. The Balaban J connectivity index is 3.74. The molecule has 0 saturated carbocycles. The molecule has 0 aliphatic rings. The van der Waals surface area contributed by atoms with E-state index in [1.807, 2.05) is 0 Å². The van der Waals surface area contributed by atoms with E-state index in [0.717, 1.165) is 64.2 Å². The summed E-state index contributed by atoms with van der Waals surface area (Å²) in [5, 5.41) is 43.8. The maximum absolute atomic E-state index is 12.5. The van der Waals surface area contributed by atoms with Crippen LogP contribution in [-0.2, 0) is 4.79 Å². The van der Waals surface area contributed by atoms with Crippen LogP contribution in [0.2, 0.25) is 0 Å². The number of nitrogens with one attached hydrogen (secondary N) is 1. The van der Waals surface area contributed by atoms with Gasteiger partial charge in [0.25, 0.3) is 0 Å². The third-order valence-electron chi connectivity index (χ3n) is 12.5. The molecule has 0 aromatic rings. The molecule has 364 valence electrons. The molecule has 0 fully saturated rings. The SMILES string of the molecule is CCCCCCCCCCC/C=C\CCCCCCC(O)C(=O)NC(CO)C(O)C(O)CCC/C=C/CC/C=C/CC/C=C/CCCCCCCCCCCCCCCCCC. The van der Waals surface area contributed by atoms with Gasteiger partial charge in [0.15, 0.2) is 0 Å². The highest BCUT2D eigenvalue weighted by Crippen LogP contribution is 2.16. The number of unbranched alkanes of at least 4 members (excludes halogenated alkanes) is 32. The van der Waals surface area contributed by atoms with Crippen LogP contribution in [0.5, 0.6) is 0 Å². The van der Waals surface area contributed by atoms with Gasteiger partial charge in [-0.3, -0.25) is 4.79 Å². The second-order valence-corrected chi connectivity index (χ2v) is 18.5. The maximum atomic E-state index is 12.5. The van der Waals surface area contributed by atoms with Gasteiger partial charge in [0, 0.05) is 0 Å². The molecule has 0 bridgehead atoms. The average molecular weight is 872 g/mol. The molecule has 0 radical (unpaired) electrons. The van der Waals surface area contributed by atoms with E-state index in [0.29, 0.717) is 19.3 Å². The zero-order valence-corrected chi connectivity index (χ0v) is 41.1. The first-order valence-electron chi connectivity index (χ1n) is 27.0. The van der Waals surface area contributed by atoms with Gasteiger partial charge >= 0.3 is 0 Å². The lowest BCUT2D eigenvalue weighted by Crippen LogP contribution is -2.53. The Kier molecular flexibility index (Phi) is 48.9. The van der Waals surface area contributed by atoms with Crippen molar-refractivity contribution in [1.29, 1.82) is 0 Å². The van der Waals surface area contributed by atoms with Crippen LogP contribution >= 0.6 is 0 Å². The molecule has 0 aromatic heterocycles. The van der Waals surface area contributed by atoms with E-state index in [4.69, 9.17) is 0 Å².